The van der Waals surface area contributed by atoms with Crippen molar-refractivity contribution in [3.63, 3.8) is 0 Å². The Labute approximate surface area is 98.8 Å². The van der Waals surface area contributed by atoms with Gasteiger partial charge in [-0.25, -0.2) is 0 Å². The number of nitrogens with one attached hydrogen (secondary N) is 1. The van der Waals surface area contributed by atoms with Crippen LogP contribution in [0, 0.1) is 5.41 Å². The summed E-state index contributed by atoms with van der Waals surface area (Å²) in [5.74, 6) is -2.32. The molecule has 90 valence electrons. The molecule has 1 unspecified atom stereocenters. The number of phenols is 1. The molecule has 0 spiro atoms. The first-order valence-corrected chi connectivity index (χ1v) is 5.02. The quantitative estimate of drug-likeness (QED) is 0.533. The van der Waals surface area contributed by atoms with Crippen LogP contribution in [0.1, 0.15) is 30.9 Å². The van der Waals surface area contributed by atoms with Gasteiger partial charge in [-0.1, -0.05) is 6.07 Å². The Morgan fingerprint density at radius 3 is 2.29 bits per heavy atom. The number of carbonyl (C=O) groups excluding carboxylic acids is 2. The van der Waals surface area contributed by atoms with Crippen LogP contribution in [0.4, 0.5) is 0 Å². The zero-order chi connectivity index (χ0) is 13.2. The number of carbonyl (C=O) groups is 2. The van der Waals surface area contributed by atoms with Gasteiger partial charge in [0.25, 0.3) is 0 Å². The van der Waals surface area contributed by atoms with Crippen molar-refractivity contribution >= 4 is 17.4 Å². The standard InChI is InChI=1S/C12H14N2O3/c1-6(13)9-4-3-8(5-10(9)16)11(7(2)15)12(14)17/h3-5,11,13,16H,1-2H3,(H2,14,17). The van der Waals surface area contributed by atoms with Crippen molar-refractivity contribution in [2.75, 3.05) is 0 Å². The van der Waals surface area contributed by atoms with E-state index in [0.29, 0.717) is 11.1 Å². The number of phenolic OH excluding ortho intramolecular Hbond substituents is 1. The number of primary amides is 1. The summed E-state index contributed by atoms with van der Waals surface area (Å²) in [6.45, 7) is 2.80. The Bertz CT molecular complexity index is 481. The molecule has 0 saturated heterocycles. The molecular formula is C12H14N2O3. The zero-order valence-corrected chi connectivity index (χ0v) is 9.65. The molecule has 1 aromatic carbocycles. The van der Waals surface area contributed by atoms with E-state index in [1.54, 1.807) is 0 Å². The van der Waals surface area contributed by atoms with Gasteiger partial charge >= 0.3 is 0 Å². The van der Waals surface area contributed by atoms with Crippen LogP contribution in [0.2, 0.25) is 0 Å². The van der Waals surface area contributed by atoms with E-state index in [2.05, 4.69) is 0 Å². The third kappa shape index (κ3) is 2.69. The molecule has 17 heavy (non-hydrogen) atoms. The summed E-state index contributed by atoms with van der Waals surface area (Å²) in [4.78, 5) is 22.4. The van der Waals surface area contributed by atoms with Crippen molar-refractivity contribution in [1.82, 2.24) is 0 Å². The third-order valence-electron chi connectivity index (χ3n) is 2.45. The summed E-state index contributed by atoms with van der Waals surface area (Å²) in [5.41, 5.74) is 6.04. The lowest BCUT2D eigenvalue weighted by atomic mass is 9.93. The Balaban J connectivity index is 3.24. The molecule has 1 atom stereocenters. The predicted molar refractivity (Wildman–Crippen MR) is 63.2 cm³/mol. The van der Waals surface area contributed by atoms with Crippen LogP contribution >= 0.6 is 0 Å². The molecule has 0 heterocycles. The highest BCUT2D eigenvalue weighted by Gasteiger charge is 2.23. The fraction of sp³-hybridized carbons (Fsp3) is 0.250. The molecule has 0 bridgehead atoms. The molecule has 0 aliphatic heterocycles. The Hall–Kier alpha value is -2.17. The van der Waals surface area contributed by atoms with Gasteiger partial charge < -0.3 is 16.2 Å². The van der Waals surface area contributed by atoms with Crippen LogP contribution in [0.15, 0.2) is 18.2 Å². The molecule has 0 saturated carbocycles. The number of hydrogen-bond donors (Lipinski definition) is 3. The Kier molecular flexibility index (Phi) is 3.62. The number of aromatic hydroxyl groups is 1. The van der Waals surface area contributed by atoms with Crippen LogP contribution in [0.5, 0.6) is 5.75 Å². The number of amides is 1. The van der Waals surface area contributed by atoms with Crippen molar-refractivity contribution < 1.29 is 14.7 Å². The normalized spacial score (nSPS) is 11.9. The summed E-state index contributed by atoms with van der Waals surface area (Å²) in [6.07, 6.45) is 0. The van der Waals surface area contributed by atoms with Gasteiger partial charge in [0.1, 0.15) is 17.5 Å². The smallest absolute Gasteiger partial charge is 0.232 e. The molecule has 1 rings (SSSR count). The van der Waals surface area contributed by atoms with E-state index in [1.165, 1.54) is 32.0 Å². The molecular weight excluding hydrogens is 220 g/mol. The number of rotatable bonds is 4. The molecule has 4 N–H and O–H groups in total. The summed E-state index contributed by atoms with van der Waals surface area (Å²) < 4.78 is 0. The van der Waals surface area contributed by atoms with E-state index in [9.17, 15) is 14.7 Å². The van der Waals surface area contributed by atoms with Gasteiger partial charge in [-0.05, 0) is 31.5 Å². The minimum Gasteiger partial charge on any atom is -0.507 e. The summed E-state index contributed by atoms with van der Waals surface area (Å²) in [5, 5.41) is 17.1. The van der Waals surface area contributed by atoms with Gasteiger partial charge in [0.05, 0.1) is 0 Å². The maximum atomic E-state index is 11.3. The van der Waals surface area contributed by atoms with Gasteiger partial charge in [0.2, 0.25) is 5.91 Å². The monoisotopic (exact) mass is 234 g/mol. The highest BCUT2D eigenvalue weighted by Crippen LogP contribution is 2.25. The topological polar surface area (TPSA) is 104 Å². The van der Waals surface area contributed by atoms with Crippen molar-refractivity contribution in [3.8, 4) is 5.75 Å². The van der Waals surface area contributed by atoms with Crippen LogP contribution in [-0.2, 0) is 9.59 Å². The summed E-state index contributed by atoms with van der Waals surface area (Å²) in [6, 6.07) is 4.31. The summed E-state index contributed by atoms with van der Waals surface area (Å²) >= 11 is 0. The Morgan fingerprint density at radius 1 is 1.35 bits per heavy atom. The largest absolute Gasteiger partial charge is 0.507 e. The van der Waals surface area contributed by atoms with Gasteiger partial charge in [-0.3, -0.25) is 9.59 Å². The van der Waals surface area contributed by atoms with Crippen LogP contribution in [-0.4, -0.2) is 22.5 Å². The number of nitrogens with two attached hydrogens (primary N) is 1. The molecule has 0 aromatic heterocycles. The van der Waals surface area contributed by atoms with Crippen LogP contribution in [0.3, 0.4) is 0 Å². The van der Waals surface area contributed by atoms with Crippen molar-refractivity contribution in [2.24, 2.45) is 5.73 Å². The molecule has 0 fully saturated rings. The first-order chi connectivity index (χ1) is 7.84. The minimum atomic E-state index is -1.05. The number of ketones is 1. The molecule has 1 aromatic rings. The first kappa shape index (κ1) is 12.9. The number of hydrogen-bond acceptors (Lipinski definition) is 4. The maximum absolute atomic E-state index is 11.3. The molecule has 1 amide bonds. The predicted octanol–water partition coefficient (Wildman–Crippen LogP) is 0.938. The van der Waals surface area contributed by atoms with Gasteiger partial charge in [0.15, 0.2) is 0 Å². The molecule has 0 radical (unpaired) electrons. The average Bonchev–Trinajstić information content (AvgIpc) is 2.15. The SMILES string of the molecule is CC(=N)c1ccc(C(C(C)=O)C(N)=O)cc1O. The van der Waals surface area contributed by atoms with E-state index in [4.69, 9.17) is 11.1 Å². The van der Waals surface area contributed by atoms with E-state index in [-0.39, 0.29) is 17.2 Å². The van der Waals surface area contributed by atoms with Gasteiger partial charge in [0, 0.05) is 11.3 Å². The highest BCUT2D eigenvalue weighted by atomic mass is 16.3. The van der Waals surface area contributed by atoms with Gasteiger partial charge in [-0.15, -0.1) is 0 Å². The van der Waals surface area contributed by atoms with Crippen LogP contribution in [0.25, 0.3) is 0 Å². The summed E-state index contributed by atoms with van der Waals surface area (Å²) in [7, 11) is 0. The minimum absolute atomic E-state index is 0.137. The van der Waals surface area contributed by atoms with E-state index in [1.807, 2.05) is 0 Å². The molecule has 0 aliphatic carbocycles. The van der Waals surface area contributed by atoms with E-state index in [0.717, 1.165) is 0 Å². The van der Waals surface area contributed by atoms with E-state index < -0.39 is 11.8 Å². The number of benzene rings is 1. The molecule has 0 aliphatic rings. The lowest BCUT2D eigenvalue weighted by Crippen LogP contribution is -2.26. The fourth-order valence-electron chi connectivity index (χ4n) is 1.64. The third-order valence-corrected chi connectivity index (χ3v) is 2.45. The molecule has 5 heteroatoms. The average molecular weight is 234 g/mol. The highest BCUT2D eigenvalue weighted by molar-refractivity contribution is 6.05. The lowest BCUT2D eigenvalue weighted by Gasteiger charge is -2.12. The van der Waals surface area contributed by atoms with Crippen LogP contribution < -0.4 is 5.73 Å². The van der Waals surface area contributed by atoms with Crippen molar-refractivity contribution in [2.45, 2.75) is 19.8 Å². The second-order valence-corrected chi connectivity index (χ2v) is 3.85. The first-order valence-electron chi connectivity index (χ1n) is 5.02. The zero-order valence-electron chi connectivity index (χ0n) is 9.65. The fourth-order valence-corrected chi connectivity index (χ4v) is 1.64. The van der Waals surface area contributed by atoms with Crippen molar-refractivity contribution in [3.05, 3.63) is 29.3 Å². The lowest BCUT2D eigenvalue weighted by molar-refractivity contribution is -0.127. The number of Topliss-reactive ketones (excluding diaryl/α,β-unsaturated/α-hetero) is 1. The Morgan fingerprint density at radius 2 is 1.94 bits per heavy atom. The molecule has 5 nitrogen and oxygen atoms in total. The second-order valence-electron chi connectivity index (χ2n) is 3.85. The maximum Gasteiger partial charge on any atom is 0.232 e. The van der Waals surface area contributed by atoms with Gasteiger partial charge in [-0.2, -0.15) is 0 Å². The van der Waals surface area contributed by atoms with E-state index >= 15 is 0 Å². The van der Waals surface area contributed by atoms with Crippen molar-refractivity contribution in [1.29, 1.82) is 5.41 Å². The second kappa shape index (κ2) is 4.78.